The number of nitrogens with zero attached hydrogens (tertiary/aromatic N) is 1. The van der Waals surface area contributed by atoms with Crippen LogP contribution in [0.3, 0.4) is 0 Å². The molecule has 0 fully saturated rings. The predicted octanol–water partition coefficient (Wildman–Crippen LogP) is 6.99. The van der Waals surface area contributed by atoms with Crippen molar-refractivity contribution in [2.24, 2.45) is 0 Å². The minimum Gasteiger partial charge on any atom is -0.288 e. The van der Waals surface area contributed by atoms with Crippen LogP contribution >= 0.6 is 11.8 Å². The topological polar surface area (TPSA) is 30.0 Å². The minimum atomic E-state index is 0.0619. The molecule has 0 saturated heterocycles. The third kappa shape index (κ3) is 2.39. The number of hydrogen-bond donors (Lipinski definition) is 0. The number of thioether (sulfide) groups is 1. The normalized spacial score (nSPS) is 12.4. The zero-order valence-corrected chi connectivity index (χ0v) is 17.2. The molecule has 5 aromatic rings. The van der Waals surface area contributed by atoms with Gasteiger partial charge in [0.05, 0.1) is 16.8 Å². The molecule has 0 unspecified atom stereocenters. The van der Waals surface area contributed by atoms with Crippen molar-refractivity contribution >= 4 is 39.2 Å². The lowest BCUT2D eigenvalue weighted by Crippen LogP contribution is -2.01. The molecule has 0 bridgehead atoms. The first-order valence-corrected chi connectivity index (χ1v) is 11.1. The molecule has 0 amide bonds. The number of carbonyl (C=O) groups excluding carboxylic acids is 1. The van der Waals surface area contributed by atoms with Crippen molar-refractivity contribution in [2.75, 3.05) is 6.26 Å². The summed E-state index contributed by atoms with van der Waals surface area (Å²) in [5, 5.41) is 3.35. The van der Waals surface area contributed by atoms with E-state index >= 15 is 0 Å². The van der Waals surface area contributed by atoms with Crippen LogP contribution < -0.4 is 0 Å². The van der Waals surface area contributed by atoms with E-state index < -0.39 is 0 Å². The second-order valence-electron chi connectivity index (χ2n) is 7.49. The Balaban J connectivity index is 1.79. The van der Waals surface area contributed by atoms with Gasteiger partial charge in [0.15, 0.2) is 5.78 Å². The Kier molecular flexibility index (Phi) is 3.80. The summed E-state index contributed by atoms with van der Waals surface area (Å²) >= 11 is 1.71. The SMILES string of the molecule is CSc1ccc(-c2nc3ccc4ccccc4c3c3c2C(=O)c2ccccc2-3)cc1. The highest BCUT2D eigenvalue weighted by Gasteiger charge is 2.32. The van der Waals surface area contributed by atoms with E-state index in [0.717, 1.165) is 55.2 Å². The third-order valence-electron chi connectivity index (χ3n) is 5.91. The van der Waals surface area contributed by atoms with Gasteiger partial charge in [0.1, 0.15) is 0 Å². The van der Waals surface area contributed by atoms with Crippen LogP contribution in [0.5, 0.6) is 0 Å². The summed E-state index contributed by atoms with van der Waals surface area (Å²) < 4.78 is 0. The molecule has 2 nitrogen and oxygen atoms in total. The van der Waals surface area contributed by atoms with Crippen LogP contribution in [-0.2, 0) is 0 Å². The van der Waals surface area contributed by atoms with E-state index in [-0.39, 0.29) is 5.78 Å². The van der Waals surface area contributed by atoms with E-state index in [0.29, 0.717) is 0 Å². The second-order valence-corrected chi connectivity index (χ2v) is 8.37. The zero-order valence-electron chi connectivity index (χ0n) is 16.3. The van der Waals surface area contributed by atoms with Crippen molar-refractivity contribution in [1.82, 2.24) is 4.98 Å². The lowest BCUT2D eigenvalue weighted by molar-refractivity contribution is 0.104. The van der Waals surface area contributed by atoms with Crippen LogP contribution in [0.4, 0.5) is 0 Å². The van der Waals surface area contributed by atoms with Gasteiger partial charge in [-0.15, -0.1) is 11.8 Å². The molecule has 30 heavy (non-hydrogen) atoms. The summed E-state index contributed by atoms with van der Waals surface area (Å²) in [4.78, 5) is 19.8. The molecule has 1 aliphatic rings. The highest BCUT2D eigenvalue weighted by Crippen LogP contribution is 2.46. The van der Waals surface area contributed by atoms with Gasteiger partial charge in [-0.1, -0.05) is 66.7 Å². The van der Waals surface area contributed by atoms with Gasteiger partial charge in [-0.05, 0) is 40.8 Å². The number of carbonyl (C=O) groups is 1. The molecule has 0 saturated carbocycles. The number of pyridine rings is 1. The second kappa shape index (κ2) is 6.54. The number of hydrogen-bond acceptors (Lipinski definition) is 3. The van der Waals surface area contributed by atoms with Gasteiger partial charge in [0.25, 0.3) is 0 Å². The fraction of sp³-hybridized carbons (Fsp3) is 0.0370. The van der Waals surface area contributed by atoms with Crippen LogP contribution in [-0.4, -0.2) is 17.0 Å². The number of fused-ring (bicyclic) bond motifs is 7. The summed E-state index contributed by atoms with van der Waals surface area (Å²) in [7, 11) is 0. The van der Waals surface area contributed by atoms with Crippen molar-refractivity contribution in [3.63, 3.8) is 0 Å². The van der Waals surface area contributed by atoms with Gasteiger partial charge in [-0.2, -0.15) is 0 Å². The van der Waals surface area contributed by atoms with Gasteiger partial charge in [0, 0.05) is 27.0 Å². The Morgan fingerprint density at radius 1 is 0.733 bits per heavy atom. The van der Waals surface area contributed by atoms with E-state index in [2.05, 4.69) is 60.9 Å². The quantitative estimate of drug-likeness (QED) is 0.231. The van der Waals surface area contributed by atoms with Crippen molar-refractivity contribution in [2.45, 2.75) is 4.90 Å². The summed E-state index contributed by atoms with van der Waals surface area (Å²) in [5.41, 5.74) is 6.15. The highest BCUT2D eigenvalue weighted by atomic mass is 32.2. The van der Waals surface area contributed by atoms with Gasteiger partial charge >= 0.3 is 0 Å². The van der Waals surface area contributed by atoms with Gasteiger partial charge < -0.3 is 0 Å². The molecule has 1 heterocycles. The number of ketones is 1. The van der Waals surface area contributed by atoms with Crippen molar-refractivity contribution < 1.29 is 4.79 Å². The lowest BCUT2D eigenvalue weighted by atomic mass is 9.93. The highest BCUT2D eigenvalue weighted by molar-refractivity contribution is 7.98. The van der Waals surface area contributed by atoms with Crippen LogP contribution in [0.2, 0.25) is 0 Å². The lowest BCUT2D eigenvalue weighted by Gasteiger charge is -2.13. The Labute approximate surface area is 178 Å². The molecule has 1 aliphatic carbocycles. The maximum Gasteiger partial charge on any atom is 0.196 e. The molecule has 0 N–H and O–H groups in total. The Morgan fingerprint density at radius 3 is 2.27 bits per heavy atom. The van der Waals surface area contributed by atoms with Gasteiger partial charge in [0.2, 0.25) is 0 Å². The molecular weight excluding hydrogens is 386 g/mol. The zero-order chi connectivity index (χ0) is 20.2. The summed E-state index contributed by atoms with van der Waals surface area (Å²) in [6.07, 6.45) is 2.06. The standard InChI is InChI=1S/C27H17NOS/c1-30-18-13-10-17(11-14-18)26-25-24(20-8-4-5-9-21(20)27(25)29)23-19-7-3-2-6-16(19)12-15-22(23)28-26/h2-15H,1H3. The molecule has 4 aromatic carbocycles. The van der Waals surface area contributed by atoms with Gasteiger partial charge in [-0.3, -0.25) is 4.79 Å². The average Bonchev–Trinajstić information content (AvgIpc) is 3.11. The van der Waals surface area contributed by atoms with Crippen LogP contribution in [0, 0.1) is 0 Å². The Hall–Kier alpha value is -3.43. The van der Waals surface area contributed by atoms with E-state index in [1.165, 1.54) is 4.90 Å². The van der Waals surface area contributed by atoms with Crippen molar-refractivity contribution in [1.29, 1.82) is 0 Å². The van der Waals surface area contributed by atoms with Crippen LogP contribution in [0.25, 0.3) is 44.1 Å². The predicted molar refractivity (Wildman–Crippen MR) is 125 cm³/mol. The molecule has 1 aromatic heterocycles. The van der Waals surface area contributed by atoms with E-state index in [4.69, 9.17) is 4.98 Å². The van der Waals surface area contributed by atoms with Gasteiger partial charge in [-0.25, -0.2) is 4.98 Å². The van der Waals surface area contributed by atoms with E-state index in [1.807, 2.05) is 30.3 Å². The first kappa shape index (κ1) is 17.4. The molecule has 0 radical (unpaired) electrons. The number of benzene rings is 4. The summed E-state index contributed by atoms with van der Waals surface area (Å²) in [6, 6.07) is 28.7. The third-order valence-corrected chi connectivity index (χ3v) is 6.65. The molecule has 142 valence electrons. The maximum atomic E-state index is 13.5. The summed E-state index contributed by atoms with van der Waals surface area (Å²) in [6.45, 7) is 0. The average molecular weight is 404 g/mol. The maximum absolute atomic E-state index is 13.5. The molecular formula is C27H17NOS. The first-order chi connectivity index (χ1) is 14.8. The first-order valence-electron chi connectivity index (χ1n) is 9.90. The smallest absolute Gasteiger partial charge is 0.196 e. The molecule has 0 aliphatic heterocycles. The molecule has 3 heteroatoms. The van der Waals surface area contributed by atoms with Crippen molar-refractivity contribution in [3.8, 4) is 22.4 Å². The van der Waals surface area contributed by atoms with Crippen LogP contribution in [0.15, 0.2) is 89.8 Å². The van der Waals surface area contributed by atoms with Crippen LogP contribution in [0.1, 0.15) is 15.9 Å². The van der Waals surface area contributed by atoms with E-state index in [9.17, 15) is 4.79 Å². The fourth-order valence-electron chi connectivity index (χ4n) is 4.52. The summed E-state index contributed by atoms with van der Waals surface area (Å²) in [5.74, 6) is 0.0619. The largest absolute Gasteiger partial charge is 0.288 e. The number of rotatable bonds is 2. The fourth-order valence-corrected chi connectivity index (χ4v) is 4.93. The minimum absolute atomic E-state index is 0.0619. The molecule has 6 rings (SSSR count). The Bertz CT molecular complexity index is 1490. The number of aromatic nitrogens is 1. The Morgan fingerprint density at radius 2 is 1.47 bits per heavy atom. The monoisotopic (exact) mass is 403 g/mol. The molecule has 0 spiro atoms. The van der Waals surface area contributed by atoms with Crippen molar-refractivity contribution in [3.05, 3.63) is 96.1 Å². The van der Waals surface area contributed by atoms with E-state index in [1.54, 1.807) is 11.8 Å². The molecule has 0 atom stereocenters.